The van der Waals surface area contributed by atoms with Crippen molar-refractivity contribution in [2.24, 2.45) is 0 Å². The Labute approximate surface area is 130 Å². The van der Waals surface area contributed by atoms with E-state index in [9.17, 15) is 4.79 Å². The molecule has 1 saturated carbocycles. The molecule has 1 aliphatic carbocycles. The van der Waals surface area contributed by atoms with E-state index in [1.54, 1.807) is 0 Å². The molecule has 1 fully saturated rings. The average molecular weight is 336 g/mol. The van der Waals surface area contributed by atoms with Crippen LogP contribution < -0.4 is 0 Å². The SMILES string of the molecule is C/C=C(\Br)CN(Cc1ccccc1)C1CCC(=O)CC1. The number of hydrogen-bond donors (Lipinski definition) is 0. The highest BCUT2D eigenvalue weighted by Crippen LogP contribution is 2.24. The molecule has 0 spiro atoms. The molecule has 0 atom stereocenters. The van der Waals surface area contributed by atoms with Gasteiger partial charge in [-0.2, -0.15) is 0 Å². The van der Waals surface area contributed by atoms with Crippen LogP contribution in [0.15, 0.2) is 40.9 Å². The second-order valence-electron chi connectivity index (χ2n) is 5.40. The van der Waals surface area contributed by atoms with E-state index in [0.29, 0.717) is 11.8 Å². The molecule has 1 aliphatic rings. The molecule has 0 radical (unpaired) electrons. The van der Waals surface area contributed by atoms with Crippen LogP contribution in [0.25, 0.3) is 0 Å². The largest absolute Gasteiger partial charge is 0.300 e. The fraction of sp³-hybridized carbons (Fsp3) is 0.471. The van der Waals surface area contributed by atoms with Crippen LogP contribution in [0.3, 0.4) is 0 Å². The van der Waals surface area contributed by atoms with Gasteiger partial charge in [0, 0.05) is 36.5 Å². The number of rotatable bonds is 5. The molecule has 3 heteroatoms. The molecule has 2 rings (SSSR count). The first-order chi connectivity index (χ1) is 9.69. The summed E-state index contributed by atoms with van der Waals surface area (Å²) in [6, 6.07) is 11.1. The van der Waals surface area contributed by atoms with Gasteiger partial charge >= 0.3 is 0 Å². The zero-order valence-corrected chi connectivity index (χ0v) is 13.6. The van der Waals surface area contributed by atoms with E-state index < -0.39 is 0 Å². The van der Waals surface area contributed by atoms with Gasteiger partial charge in [-0.1, -0.05) is 52.3 Å². The van der Waals surface area contributed by atoms with Crippen molar-refractivity contribution < 1.29 is 4.79 Å². The van der Waals surface area contributed by atoms with E-state index in [0.717, 1.165) is 38.8 Å². The smallest absolute Gasteiger partial charge is 0.133 e. The van der Waals surface area contributed by atoms with E-state index in [2.05, 4.69) is 64.2 Å². The highest BCUT2D eigenvalue weighted by Gasteiger charge is 2.24. The third-order valence-electron chi connectivity index (χ3n) is 3.93. The molecular weight excluding hydrogens is 314 g/mol. The number of benzene rings is 1. The number of ketones is 1. The Morgan fingerprint density at radius 3 is 2.55 bits per heavy atom. The molecular formula is C17H22BrNO. The Hall–Kier alpha value is -0.930. The molecule has 0 N–H and O–H groups in total. The summed E-state index contributed by atoms with van der Waals surface area (Å²) in [6.45, 7) is 3.92. The van der Waals surface area contributed by atoms with Gasteiger partial charge in [0.25, 0.3) is 0 Å². The predicted molar refractivity (Wildman–Crippen MR) is 86.8 cm³/mol. The van der Waals surface area contributed by atoms with Gasteiger partial charge in [0.05, 0.1) is 0 Å². The van der Waals surface area contributed by atoms with Crippen LogP contribution in [0.1, 0.15) is 38.2 Å². The third-order valence-corrected chi connectivity index (χ3v) is 4.63. The summed E-state index contributed by atoms with van der Waals surface area (Å²) < 4.78 is 1.21. The summed E-state index contributed by atoms with van der Waals surface area (Å²) in [5.74, 6) is 0.422. The first-order valence-corrected chi connectivity index (χ1v) is 8.08. The quantitative estimate of drug-likeness (QED) is 0.799. The standard InChI is InChI=1S/C17H22BrNO/c1-2-15(18)13-19(12-14-6-4-3-5-7-14)16-8-10-17(20)11-9-16/h2-7,16H,8-13H2,1H3/b15-2-. The normalized spacial score (nSPS) is 17.8. The molecule has 108 valence electrons. The van der Waals surface area contributed by atoms with Crippen LogP contribution in [-0.4, -0.2) is 23.3 Å². The first kappa shape index (κ1) is 15.5. The molecule has 0 unspecified atom stereocenters. The number of Topliss-reactive ketones (excluding diaryl/α,β-unsaturated/α-hetero) is 1. The van der Waals surface area contributed by atoms with E-state index in [1.165, 1.54) is 10.0 Å². The van der Waals surface area contributed by atoms with E-state index >= 15 is 0 Å². The second-order valence-corrected chi connectivity index (χ2v) is 6.41. The number of carbonyl (C=O) groups is 1. The van der Waals surface area contributed by atoms with Crippen molar-refractivity contribution in [1.29, 1.82) is 0 Å². The minimum Gasteiger partial charge on any atom is -0.300 e. The van der Waals surface area contributed by atoms with Crippen LogP contribution in [0.4, 0.5) is 0 Å². The summed E-state index contributed by atoms with van der Waals surface area (Å²) in [7, 11) is 0. The Bertz CT molecular complexity index is 459. The number of allylic oxidation sites excluding steroid dienone is 1. The molecule has 2 nitrogen and oxygen atoms in total. The average Bonchev–Trinajstić information content (AvgIpc) is 2.48. The lowest BCUT2D eigenvalue weighted by atomic mass is 9.93. The van der Waals surface area contributed by atoms with Crippen LogP contribution in [-0.2, 0) is 11.3 Å². The lowest BCUT2D eigenvalue weighted by Crippen LogP contribution is -2.38. The van der Waals surface area contributed by atoms with Gasteiger partial charge in [-0.25, -0.2) is 0 Å². The number of halogens is 1. The fourth-order valence-electron chi connectivity index (χ4n) is 2.71. The molecule has 0 aliphatic heterocycles. The molecule has 1 aromatic rings. The second kappa shape index (κ2) is 7.75. The Morgan fingerprint density at radius 1 is 1.30 bits per heavy atom. The lowest BCUT2D eigenvalue weighted by molar-refractivity contribution is -0.121. The topological polar surface area (TPSA) is 20.3 Å². The van der Waals surface area contributed by atoms with Crippen molar-refractivity contribution in [3.05, 3.63) is 46.5 Å². The predicted octanol–water partition coefficient (Wildman–Crippen LogP) is 4.30. The zero-order chi connectivity index (χ0) is 14.4. The van der Waals surface area contributed by atoms with Crippen LogP contribution in [0, 0.1) is 0 Å². The molecule has 0 heterocycles. The van der Waals surface area contributed by atoms with Gasteiger partial charge in [-0.05, 0) is 25.3 Å². The van der Waals surface area contributed by atoms with Crippen molar-refractivity contribution in [3.63, 3.8) is 0 Å². The fourth-order valence-corrected chi connectivity index (χ4v) is 3.03. The van der Waals surface area contributed by atoms with E-state index in [4.69, 9.17) is 0 Å². The van der Waals surface area contributed by atoms with Crippen molar-refractivity contribution >= 4 is 21.7 Å². The third kappa shape index (κ3) is 4.57. The minimum atomic E-state index is 0.422. The Kier molecular flexibility index (Phi) is 5.99. The maximum absolute atomic E-state index is 11.4. The maximum atomic E-state index is 11.4. The summed E-state index contributed by atoms with van der Waals surface area (Å²) in [5.41, 5.74) is 1.33. The molecule has 1 aromatic carbocycles. The molecule has 0 amide bonds. The number of nitrogens with zero attached hydrogens (tertiary/aromatic N) is 1. The number of hydrogen-bond acceptors (Lipinski definition) is 2. The monoisotopic (exact) mass is 335 g/mol. The zero-order valence-electron chi connectivity index (χ0n) is 12.0. The maximum Gasteiger partial charge on any atom is 0.133 e. The summed E-state index contributed by atoms with van der Waals surface area (Å²) in [5, 5.41) is 0. The van der Waals surface area contributed by atoms with Crippen LogP contribution in [0.5, 0.6) is 0 Å². The molecule has 0 saturated heterocycles. The van der Waals surface area contributed by atoms with E-state index in [1.807, 2.05) is 0 Å². The van der Waals surface area contributed by atoms with Crippen LogP contribution >= 0.6 is 15.9 Å². The molecule has 0 aromatic heterocycles. The van der Waals surface area contributed by atoms with Gasteiger partial charge < -0.3 is 0 Å². The summed E-state index contributed by atoms with van der Waals surface area (Å²) in [4.78, 5) is 13.9. The molecule has 20 heavy (non-hydrogen) atoms. The minimum absolute atomic E-state index is 0.422. The lowest BCUT2D eigenvalue weighted by Gasteiger charge is -2.34. The van der Waals surface area contributed by atoms with Gasteiger partial charge in [0.15, 0.2) is 0 Å². The van der Waals surface area contributed by atoms with Crippen molar-refractivity contribution in [1.82, 2.24) is 4.90 Å². The highest BCUT2D eigenvalue weighted by molar-refractivity contribution is 9.11. The summed E-state index contributed by atoms with van der Waals surface area (Å²) >= 11 is 3.62. The Balaban J connectivity index is 2.06. The van der Waals surface area contributed by atoms with Gasteiger partial charge in [-0.3, -0.25) is 9.69 Å². The number of carbonyl (C=O) groups excluding carboxylic acids is 1. The summed E-state index contributed by atoms with van der Waals surface area (Å²) in [6.07, 6.45) is 5.57. The Morgan fingerprint density at radius 2 is 1.95 bits per heavy atom. The van der Waals surface area contributed by atoms with Gasteiger partial charge in [-0.15, -0.1) is 0 Å². The van der Waals surface area contributed by atoms with Gasteiger partial charge in [0.1, 0.15) is 5.78 Å². The van der Waals surface area contributed by atoms with Crippen molar-refractivity contribution in [2.75, 3.05) is 6.54 Å². The van der Waals surface area contributed by atoms with E-state index in [-0.39, 0.29) is 0 Å². The molecule has 0 bridgehead atoms. The van der Waals surface area contributed by atoms with Crippen molar-refractivity contribution in [2.45, 2.75) is 45.2 Å². The van der Waals surface area contributed by atoms with Gasteiger partial charge in [0.2, 0.25) is 0 Å². The highest BCUT2D eigenvalue weighted by atomic mass is 79.9. The van der Waals surface area contributed by atoms with Crippen LogP contribution in [0.2, 0.25) is 0 Å². The van der Waals surface area contributed by atoms with Crippen molar-refractivity contribution in [3.8, 4) is 0 Å². The first-order valence-electron chi connectivity index (χ1n) is 7.29.